The summed E-state index contributed by atoms with van der Waals surface area (Å²) in [6, 6.07) is 3.98. The number of alkyl halides is 3. The zero-order valence-electron chi connectivity index (χ0n) is 37.3. The topological polar surface area (TPSA) is 221 Å². The molecule has 1 saturated carbocycles. The zero-order chi connectivity index (χ0) is 47.7. The van der Waals surface area contributed by atoms with E-state index in [4.69, 9.17) is 4.74 Å². The number of ether oxygens (including phenoxy) is 1. The molecule has 1 unspecified atom stereocenters. The third-order valence-electron chi connectivity index (χ3n) is 13.0. The number of rotatable bonds is 12. The molecule has 1 atom stereocenters. The Morgan fingerprint density at radius 2 is 1.70 bits per heavy atom. The van der Waals surface area contributed by atoms with Crippen LogP contribution in [0.2, 0.25) is 0 Å². The third kappa shape index (κ3) is 11.5. The standard InChI is InChI=1S/C45H55F3N10O8S/c1-44(2,63)27-56-25-30(23-50-56)39-36(45(46,47)48)24-49-43(53-39)51-31-14-20-57(21-15-31)67(64,65)54-32-10-8-29(9-11-32)41(61)55-18-16-33(17-19-55)66-22-4-6-28-5-3-7-34-35(28)26-58(42(34)62)37-12-13-38(59)52-40(37)60/h3,5,7,23-25,29,31-33,37,54,63H,8-22,26-27H2,1-2H3,(H,49,51,53)(H,52,59,60). The molecule has 360 valence electrons. The highest BCUT2D eigenvalue weighted by Gasteiger charge is 2.41. The van der Waals surface area contributed by atoms with Gasteiger partial charge in [0.05, 0.1) is 30.1 Å². The number of fused-ring (bicyclic) bond motifs is 1. The Morgan fingerprint density at radius 3 is 2.39 bits per heavy atom. The number of aromatic nitrogens is 4. The van der Waals surface area contributed by atoms with Crippen LogP contribution in [-0.2, 0) is 48.6 Å². The second kappa shape index (κ2) is 19.6. The molecule has 5 aliphatic rings. The predicted octanol–water partition coefficient (Wildman–Crippen LogP) is 3.22. The molecule has 0 bridgehead atoms. The second-order valence-corrected chi connectivity index (χ2v) is 20.3. The number of hydrogen-bond donors (Lipinski definition) is 4. The van der Waals surface area contributed by atoms with Gasteiger partial charge in [0.1, 0.15) is 18.2 Å². The van der Waals surface area contributed by atoms with Crippen molar-refractivity contribution in [1.29, 1.82) is 0 Å². The van der Waals surface area contributed by atoms with Gasteiger partial charge in [0, 0.05) is 86.2 Å². The van der Waals surface area contributed by atoms with Crippen LogP contribution in [0.4, 0.5) is 19.1 Å². The van der Waals surface area contributed by atoms with Crippen molar-refractivity contribution in [2.45, 2.75) is 127 Å². The van der Waals surface area contributed by atoms with Crippen LogP contribution in [0.25, 0.3) is 11.3 Å². The zero-order valence-corrected chi connectivity index (χ0v) is 38.2. The number of piperidine rings is 3. The van der Waals surface area contributed by atoms with Gasteiger partial charge >= 0.3 is 6.18 Å². The average molecular weight is 953 g/mol. The van der Waals surface area contributed by atoms with E-state index < -0.39 is 39.5 Å². The second-order valence-electron chi connectivity index (χ2n) is 18.6. The van der Waals surface area contributed by atoms with Gasteiger partial charge in [-0.15, -0.1) is 0 Å². The minimum atomic E-state index is -4.73. The van der Waals surface area contributed by atoms with Gasteiger partial charge in [-0.2, -0.15) is 35.7 Å². The first-order valence-electron chi connectivity index (χ1n) is 22.7. The minimum absolute atomic E-state index is 0.0281. The van der Waals surface area contributed by atoms with Crippen molar-refractivity contribution in [1.82, 2.24) is 43.9 Å². The average Bonchev–Trinajstić information content (AvgIpc) is 3.88. The number of aliphatic hydroxyl groups is 1. The van der Waals surface area contributed by atoms with Crippen LogP contribution in [0.5, 0.6) is 0 Å². The van der Waals surface area contributed by atoms with Gasteiger partial charge in [-0.3, -0.25) is 29.2 Å². The largest absolute Gasteiger partial charge is 0.419 e. The molecule has 3 saturated heterocycles. The van der Waals surface area contributed by atoms with Crippen LogP contribution < -0.4 is 15.4 Å². The molecule has 0 spiro atoms. The van der Waals surface area contributed by atoms with E-state index in [-0.39, 0.29) is 105 Å². The van der Waals surface area contributed by atoms with E-state index in [0.29, 0.717) is 81.8 Å². The summed E-state index contributed by atoms with van der Waals surface area (Å²) >= 11 is 0. The molecular formula is C45H55F3N10O8S. The normalized spacial score (nSPS) is 22.6. The van der Waals surface area contributed by atoms with E-state index in [1.165, 1.54) is 26.3 Å². The quantitative estimate of drug-likeness (QED) is 0.152. The molecule has 6 heterocycles. The number of nitrogens with zero attached hydrogens (tertiary/aromatic N) is 7. The van der Waals surface area contributed by atoms with Crippen LogP contribution in [0.1, 0.15) is 105 Å². The number of nitrogens with one attached hydrogen (secondary N) is 3. The summed E-state index contributed by atoms with van der Waals surface area (Å²) < 4.78 is 80.3. The van der Waals surface area contributed by atoms with Crippen molar-refractivity contribution >= 4 is 39.8 Å². The monoisotopic (exact) mass is 952 g/mol. The van der Waals surface area contributed by atoms with Gasteiger partial charge in [-0.25, -0.2) is 9.97 Å². The summed E-state index contributed by atoms with van der Waals surface area (Å²) in [6.45, 7) is 5.01. The summed E-state index contributed by atoms with van der Waals surface area (Å²) in [5.74, 6) is 4.95. The number of imide groups is 1. The molecule has 67 heavy (non-hydrogen) atoms. The van der Waals surface area contributed by atoms with Crippen LogP contribution in [0.15, 0.2) is 36.8 Å². The van der Waals surface area contributed by atoms with E-state index >= 15 is 0 Å². The lowest BCUT2D eigenvalue weighted by Crippen LogP contribution is -2.52. The maximum Gasteiger partial charge on any atom is 0.419 e. The SMILES string of the molecule is CC(C)(O)Cn1cc(-c2nc(NC3CCN(S(=O)(=O)NC4CCC(C(=O)N5CCC(OCC#Cc6cccc7c6CN(C6CCC(=O)NC6=O)C7=O)CC5)CC4)CC3)ncc2C(F)(F)F)cn1. The number of carbonyl (C=O) groups excluding carboxylic acids is 4. The molecule has 22 heteroatoms. The molecule has 4 fully saturated rings. The summed E-state index contributed by atoms with van der Waals surface area (Å²) in [6.07, 6.45) is 3.20. The maximum absolute atomic E-state index is 13.9. The molecule has 0 radical (unpaired) electrons. The number of halogens is 3. The molecule has 18 nitrogen and oxygen atoms in total. The fourth-order valence-corrected chi connectivity index (χ4v) is 11.0. The van der Waals surface area contributed by atoms with Crippen LogP contribution in [0, 0.1) is 17.8 Å². The molecule has 2 aromatic heterocycles. The number of carbonyl (C=O) groups is 4. The number of benzene rings is 1. The highest BCUT2D eigenvalue weighted by molar-refractivity contribution is 7.87. The highest BCUT2D eigenvalue weighted by Crippen LogP contribution is 2.37. The van der Waals surface area contributed by atoms with Crippen molar-refractivity contribution in [3.63, 3.8) is 0 Å². The van der Waals surface area contributed by atoms with Crippen LogP contribution in [-0.4, -0.2) is 134 Å². The summed E-state index contributed by atoms with van der Waals surface area (Å²) in [7, 11) is -3.84. The maximum atomic E-state index is 13.9. The van der Waals surface area contributed by atoms with Gasteiger partial charge in [-0.1, -0.05) is 17.9 Å². The predicted molar refractivity (Wildman–Crippen MR) is 235 cm³/mol. The fourth-order valence-electron chi connectivity index (χ4n) is 9.51. The van der Waals surface area contributed by atoms with Crippen molar-refractivity contribution in [2.24, 2.45) is 5.92 Å². The Kier molecular flexibility index (Phi) is 14.1. The molecule has 4 amide bonds. The molecule has 8 rings (SSSR count). The lowest BCUT2D eigenvalue weighted by Gasteiger charge is -2.37. The van der Waals surface area contributed by atoms with E-state index in [9.17, 15) is 45.9 Å². The number of amides is 4. The Labute approximate surface area is 386 Å². The third-order valence-corrected chi connectivity index (χ3v) is 14.7. The first kappa shape index (κ1) is 48.0. The smallest absolute Gasteiger partial charge is 0.389 e. The van der Waals surface area contributed by atoms with E-state index in [1.54, 1.807) is 26.0 Å². The molecule has 1 aliphatic carbocycles. The minimum Gasteiger partial charge on any atom is -0.389 e. The van der Waals surface area contributed by atoms with Gasteiger partial charge in [0.25, 0.3) is 16.1 Å². The molecule has 1 aromatic carbocycles. The summed E-state index contributed by atoms with van der Waals surface area (Å²) in [5.41, 5.74) is -0.506. The van der Waals surface area contributed by atoms with Gasteiger partial charge < -0.3 is 25.0 Å². The first-order chi connectivity index (χ1) is 31.8. The number of anilines is 1. The lowest BCUT2D eigenvalue weighted by molar-refractivity contribution is -0.139. The number of hydrogen-bond acceptors (Lipinski definition) is 12. The molecule has 4 N–H and O–H groups in total. The van der Waals surface area contributed by atoms with Crippen LogP contribution >= 0.6 is 0 Å². The number of likely N-dealkylation sites (tertiary alicyclic amines) is 1. The molecular weight excluding hydrogens is 898 g/mol. The van der Waals surface area contributed by atoms with E-state index in [2.05, 4.69) is 42.3 Å². The first-order valence-corrected chi connectivity index (χ1v) is 24.1. The van der Waals surface area contributed by atoms with Gasteiger partial charge in [0.2, 0.25) is 23.7 Å². The molecule has 3 aromatic rings. The Bertz CT molecular complexity index is 2530. The van der Waals surface area contributed by atoms with Crippen molar-refractivity contribution in [3.05, 3.63) is 59.0 Å². The Balaban J connectivity index is 0.749. The lowest BCUT2D eigenvalue weighted by atomic mass is 9.85. The summed E-state index contributed by atoms with van der Waals surface area (Å²) in [4.78, 5) is 62.2. The van der Waals surface area contributed by atoms with Gasteiger partial charge in [-0.05, 0) is 89.3 Å². The summed E-state index contributed by atoms with van der Waals surface area (Å²) in [5, 5.41) is 19.6. The van der Waals surface area contributed by atoms with E-state index in [1.807, 2.05) is 11.0 Å². The Morgan fingerprint density at radius 1 is 0.970 bits per heavy atom. The highest BCUT2D eigenvalue weighted by atomic mass is 32.2. The van der Waals surface area contributed by atoms with Crippen molar-refractivity contribution in [2.75, 3.05) is 38.1 Å². The van der Waals surface area contributed by atoms with E-state index in [0.717, 1.165) is 5.56 Å². The van der Waals surface area contributed by atoms with Crippen LogP contribution in [0.3, 0.4) is 0 Å². The van der Waals surface area contributed by atoms with Crippen molar-refractivity contribution in [3.8, 4) is 23.1 Å². The van der Waals surface area contributed by atoms with Crippen molar-refractivity contribution < 1.29 is 50.6 Å². The molecule has 4 aliphatic heterocycles. The fraction of sp³-hybridized carbons (Fsp3) is 0.578. The Hall–Kier alpha value is -5.47. The van der Waals surface area contributed by atoms with Gasteiger partial charge in [0.15, 0.2) is 0 Å².